The van der Waals surface area contributed by atoms with Crippen LogP contribution in [0.4, 0.5) is 4.39 Å². The summed E-state index contributed by atoms with van der Waals surface area (Å²) in [7, 11) is 0. The van der Waals surface area contributed by atoms with E-state index in [9.17, 15) is 14.0 Å². The summed E-state index contributed by atoms with van der Waals surface area (Å²) in [6, 6.07) is 25.5. The fourth-order valence-electron chi connectivity index (χ4n) is 4.14. The molecule has 36 heavy (non-hydrogen) atoms. The zero-order valence-electron chi connectivity index (χ0n) is 19.7. The van der Waals surface area contributed by atoms with Gasteiger partial charge in [0, 0.05) is 28.9 Å². The largest absolute Gasteiger partial charge is 0.352 e. The Morgan fingerprint density at radius 3 is 2.33 bits per heavy atom. The van der Waals surface area contributed by atoms with Crippen molar-refractivity contribution >= 4 is 11.7 Å². The maximum atomic E-state index is 13.9. The summed E-state index contributed by atoms with van der Waals surface area (Å²) >= 11 is 0. The predicted molar refractivity (Wildman–Crippen MR) is 135 cm³/mol. The van der Waals surface area contributed by atoms with Crippen LogP contribution in [0.15, 0.2) is 89.7 Å². The van der Waals surface area contributed by atoms with Crippen molar-refractivity contribution in [3.05, 3.63) is 123 Å². The third-order valence-electron chi connectivity index (χ3n) is 6.11. The highest BCUT2D eigenvalue weighted by Crippen LogP contribution is 2.18. The molecule has 0 fully saturated rings. The zero-order chi connectivity index (χ0) is 25.1. The number of benzene rings is 3. The molecule has 0 radical (unpaired) electrons. The van der Waals surface area contributed by atoms with Crippen molar-refractivity contribution in [1.29, 1.82) is 0 Å². The molecule has 2 heterocycles. The van der Waals surface area contributed by atoms with E-state index in [0.717, 1.165) is 11.1 Å². The van der Waals surface area contributed by atoms with Crippen molar-refractivity contribution in [2.24, 2.45) is 0 Å². The van der Waals surface area contributed by atoms with Gasteiger partial charge < -0.3 is 9.88 Å². The SMILES string of the molecule is Cc1c(CC(=O)NCc2ccccc2F)c(=O)n2nc(-c3ccccc3)nc2n1Cc1ccccc1. The summed E-state index contributed by atoms with van der Waals surface area (Å²) < 4.78 is 17.1. The molecule has 5 aromatic rings. The van der Waals surface area contributed by atoms with E-state index >= 15 is 0 Å². The molecule has 5 rings (SSSR count). The van der Waals surface area contributed by atoms with Gasteiger partial charge in [0.2, 0.25) is 11.7 Å². The number of aromatic nitrogens is 4. The molecule has 0 saturated carbocycles. The maximum Gasteiger partial charge on any atom is 0.279 e. The second kappa shape index (κ2) is 9.95. The lowest BCUT2D eigenvalue weighted by atomic mass is 10.1. The number of amides is 1. The molecule has 8 heteroatoms. The first-order valence-electron chi connectivity index (χ1n) is 11.6. The van der Waals surface area contributed by atoms with Gasteiger partial charge in [0.05, 0.1) is 13.0 Å². The molecule has 3 aromatic carbocycles. The highest BCUT2D eigenvalue weighted by Gasteiger charge is 2.21. The van der Waals surface area contributed by atoms with Crippen LogP contribution in [0.25, 0.3) is 17.2 Å². The van der Waals surface area contributed by atoms with Crippen LogP contribution in [-0.4, -0.2) is 25.1 Å². The van der Waals surface area contributed by atoms with Gasteiger partial charge in [-0.3, -0.25) is 9.59 Å². The number of carbonyl (C=O) groups is 1. The van der Waals surface area contributed by atoms with E-state index in [1.165, 1.54) is 10.6 Å². The van der Waals surface area contributed by atoms with Crippen LogP contribution in [-0.2, 0) is 24.3 Å². The van der Waals surface area contributed by atoms with E-state index in [-0.39, 0.29) is 18.9 Å². The van der Waals surface area contributed by atoms with Crippen molar-refractivity contribution in [3.8, 4) is 11.4 Å². The summed E-state index contributed by atoms with van der Waals surface area (Å²) in [5, 5.41) is 7.21. The topological polar surface area (TPSA) is 81.3 Å². The highest BCUT2D eigenvalue weighted by atomic mass is 19.1. The average molecular weight is 482 g/mol. The van der Waals surface area contributed by atoms with Crippen molar-refractivity contribution in [2.45, 2.75) is 26.4 Å². The first-order valence-corrected chi connectivity index (χ1v) is 11.6. The van der Waals surface area contributed by atoms with Crippen molar-refractivity contribution in [2.75, 3.05) is 0 Å². The number of carbonyl (C=O) groups excluding carboxylic acids is 1. The first-order chi connectivity index (χ1) is 17.5. The number of fused-ring (bicyclic) bond motifs is 1. The Balaban J connectivity index is 1.54. The first kappa shape index (κ1) is 23.2. The predicted octanol–water partition coefficient (Wildman–Crippen LogP) is 3.91. The van der Waals surface area contributed by atoms with E-state index in [1.807, 2.05) is 65.2 Å². The molecule has 0 unspecified atom stereocenters. The van der Waals surface area contributed by atoms with Crippen molar-refractivity contribution < 1.29 is 9.18 Å². The third-order valence-corrected chi connectivity index (χ3v) is 6.11. The van der Waals surface area contributed by atoms with E-state index in [1.54, 1.807) is 25.1 Å². The monoisotopic (exact) mass is 481 g/mol. The van der Waals surface area contributed by atoms with Crippen molar-refractivity contribution in [3.63, 3.8) is 0 Å². The van der Waals surface area contributed by atoms with Crippen LogP contribution in [0.1, 0.15) is 22.4 Å². The van der Waals surface area contributed by atoms with Crippen LogP contribution in [0, 0.1) is 12.7 Å². The summed E-state index contributed by atoms with van der Waals surface area (Å²) in [5.74, 6) is 0.0509. The molecule has 2 aromatic heterocycles. The average Bonchev–Trinajstić information content (AvgIpc) is 3.35. The summed E-state index contributed by atoms with van der Waals surface area (Å²) in [5.41, 5.74) is 2.73. The lowest BCUT2D eigenvalue weighted by Gasteiger charge is -2.15. The van der Waals surface area contributed by atoms with Gasteiger partial charge in [-0.2, -0.15) is 9.50 Å². The van der Waals surface area contributed by atoms with Gasteiger partial charge in [-0.25, -0.2) is 4.39 Å². The van der Waals surface area contributed by atoms with E-state index < -0.39 is 11.4 Å². The Hall–Kier alpha value is -4.59. The van der Waals surface area contributed by atoms with Gasteiger partial charge in [-0.05, 0) is 18.6 Å². The zero-order valence-corrected chi connectivity index (χ0v) is 19.7. The van der Waals surface area contributed by atoms with Crippen molar-refractivity contribution in [1.82, 2.24) is 24.5 Å². The number of halogens is 1. The summed E-state index contributed by atoms with van der Waals surface area (Å²) in [6.45, 7) is 2.29. The smallest absolute Gasteiger partial charge is 0.279 e. The van der Waals surface area contributed by atoms with Crippen LogP contribution in [0.5, 0.6) is 0 Å². The van der Waals surface area contributed by atoms with Crippen LogP contribution in [0.2, 0.25) is 0 Å². The summed E-state index contributed by atoms with van der Waals surface area (Å²) in [4.78, 5) is 31.0. The Kier molecular flexibility index (Phi) is 6.40. The third kappa shape index (κ3) is 4.65. The van der Waals surface area contributed by atoms with Gasteiger partial charge in [0.15, 0.2) is 5.82 Å². The van der Waals surface area contributed by atoms with Gasteiger partial charge in [-0.15, -0.1) is 5.10 Å². The maximum absolute atomic E-state index is 13.9. The second-order valence-electron chi connectivity index (χ2n) is 8.50. The van der Waals surface area contributed by atoms with E-state index in [2.05, 4.69) is 15.4 Å². The van der Waals surface area contributed by atoms with Crippen LogP contribution < -0.4 is 10.9 Å². The lowest BCUT2D eigenvalue weighted by Crippen LogP contribution is -2.32. The number of rotatable bonds is 7. The molecule has 1 N–H and O–H groups in total. The molecule has 180 valence electrons. The molecule has 0 bridgehead atoms. The van der Waals surface area contributed by atoms with Gasteiger partial charge in [0.25, 0.3) is 5.56 Å². The Morgan fingerprint density at radius 1 is 0.944 bits per heavy atom. The lowest BCUT2D eigenvalue weighted by molar-refractivity contribution is -0.120. The number of hydrogen-bond donors (Lipinski definition) is 1. The normalized spacial score (nSPS) is 11.1. The van der Waals surface area contributed by atoms with Gasteiger partial charge >= 0.3 is 0 Å². The molecule has 0 saturated heterocycles. The van der Waals surface area contributed by atoms with E-state index in [4.69, 9.17) is 0 Å². The fraction of sp³-hybridized carbons (Fsp3) is 0.143. The molecule has 0 atom stereocenters. The Morgan fingerprint density at radius 2 is 1.61 bits per heavy atom. The minimum Gasteiger partial charge on any atom is -0.352 e. The Labute approximate surface area is 206 Å². The molecule has 0 aliphatic carbocycles. The van der Waals surface area contributed by atoms with Gasteiger partial charge in [-0.1, -0.05) is 78.9 Å². The molecular formula is C28H24FN5O2. The molecular weight excluding hydrogens is 457 g/mol. The van der Waals surface area contributed by atoms with Crippen LogP contribution >= 0.6 is 0 Å². The Bertz CT molecular complexity index is 1590. The molecule has 7 nitrogen and oxygen atoms in total. The number of nitrogens with zero attached hydrogens (tertiary/aromatic N) is 4. The minimum atomic E-state index is -0.400. The number of hydrogen-bond acceptors (Lipinski definition) is 4. The standard InChI is InChI=1S/C28H24FN5O2/c1-19-23(16-25(35)30-17-22-14-8-9-15-24(22)29)27(36)34-28(33(19)18-20-10-4-2-5-11-20)31-26(32-34)21-12-6-3-7-13-21/h2-15H,16-18H2,1H3,(H,30,35). The molecule has 1 amide bonds. The quantitative estimate of drug-likeness (QED) is 0.382. The highest BCUT2D eigenvalue weighted by molar-refractivity contribution is 5.78. The number of nitrogens with one attached hydrogen (secondary N) is 1. The minimum absolute atomic E-state index is 0.0342. The second-order valence-corrected chi connectivity index (χ2v) is 8.50. The fourth-order valence-corrected chi connectivity index (χ4v) is 4.14. The van der Waals surface area contributed by atoms with Crippen LogP contribution in [0.3, 0.4) is 0 Å². The van der Waals surface area contributed by atoms with Gasteiger partial charge in [0.1, 0.15) is 5.82 Å². The molecule has 0 spiro atoms. The molecule has 0 aliphatic heterocycles. The van der Waals surface area contributed by atoms with E-state index in [0.29, 0.717) is 35.0 Å². The summed E-state index contributed by atoms with van der Waals surface area (Å²) in [6.07, 6.45) is -0.162. The molecule has 0 aliphatic rings.